The Morgan fingerprint density at radius 1 is 1.24 bits per heavy atom. The fraction of sp³-hybridized carbons (Fsp3) is 0.600. The second-order valence-electron chi connectivity index (χ2n) is 5.57. The zero-order chi connectivity index (χ0) is 15.5. The quantitative estimate of drug-likeness (QED) is 0.922. The molecule has 5 nitrogen and oxygen atoms in total. The minimum absolute atomic E-state index is 0.0477. The Labute approximate surface area is 128 Å². The molecule has 0 saturated carbocycles. The van der Waals surface area contributed by atoms with Crippen LogP contribution in [0.2, 0.25) is 0 Å². The monoisotopic (exact) mass is 311 g/mol. The highest BCUT2D eigenvalue weighted by atomic mass is 32.2. The molecule has 0 amide bonds. The van der Waals surface area contributed by atoms with Gasteiger partial charge in [0, 0.05) is 31.9 Å². The maximum Gasteiger partial charge on any atom is 0.243 e. The van der Waals surface area contributed by atoms with Crippen molar-refractivity contribution in [1.82, 2.24) is 9.21 Å². The van der Waals surface area contributed by atoms with E-state index < -0.39 is 10.0 Å². The molecule has 1 atom stereocenters. The van der Waals surface area contributed by atoms with Crippen molar-refractivity contribution in [3.8, 4) is 0 Å². The molecule has 6 heteroatoms. The summed E-state index contributed by atoms with van der Waals surface area (Å²) in [6, 6.07) is 7.02. The standard InChI is InChI=1S/C15H25N3O2S/c1-4-14-12-17(3)10-5-11-18(14)21(19,20)15-8-6-13(16-2)7-9-15/h6-9,14,16H,4-5,10-12H2,1-3H3. The number of anilines is 1. The molecule has 0 aromatic heterocycles. The van der Waals surface area contributed by atoms with Crippen LogP contribution in [0.1, 0.15) is 19.8 Å². The first-order valence-electron chi connectivity index (χ1n) is 7.47. The largest absolute Gasteiger partial charge is 0.388 e. The van der Waals surface area contributed by atoms with E-state index in [1.54, 1.807) is 28.6 Å². The van der Waals surface area contributed by atoms with Gasteiger partial charge >= 0.3 is 0 Å². The molecule has 0 aliphatic carbocycles. The van der Waals surface area contributed by atoms with Gasteiger partial charge in [0.2, 0.25) is 10.0 Å². The first-order valence-corrected chi connectivity index (χ1v) is 8.91. The summed E-state index contributed by atoms with van der Waals surface area (Å²) in [6.07, 6.45) is 1.71. The van der Waals surface area contributed by atoms with E-state index in [9.17, 15) is 8.42 Å². The fourth-order valence-electron chi connectivity index (χ4n) is 2.80. The number of likely N-dealkylation sites (N-methyl/N-ethyl adjacent to an activating group) is 1. The predicted octanol–water partition coefficient (Wildman–Crippen LogP) is 1.83. The number of rotatable bonds is 4. The molecule has 1 unspecified atom stereocenters. The van der Waals surface area contributed by atoms with Crippen molar-refractivity contribution in [2.45, 2.75) is 30.7 Å². The molecule has 118 valence electrons. The topological polar surface area (TPSA) is 52.7 Å². The van der Waals surface area contributed by atoms with Crippen LogP contribution in [0.4, 0.5) is 5.69 Å². The summed E-state index contributed by atoms with van der Waals surface area (Å²) in [7, 11) is 0.461. The molecule has 1 aromatic rings. The van der Waals surface area contributed by atoms with Crippen molar-refractivity contribution < 1.29 is 8.42 Å². The lowest BCUT2D eigenvalue weighted by Gasteiger charge is -2.29. The van der Waals surface area contributed by atoms with Crippen molar-refractivity contribution in [2.75, 3.05) is 39.0 Å². The summed E-state index contributed by atoms with van der Waals surface area (Å²) in [5.41, 5.74) is 0.914. The molecule has 1 aliphatic rings. The van der Waals surface area contributed by atoms with Crippen LogP contribution in [0, 0.1) is 0 Å². The van der Waals surface area contributed by atoms with Crippen LogP contribution in [0.3, 0.4) is 0 Å². The van der Waals surface area contributed by atoms with Gasteiger partial charge in [0.1, 0.15) is 0 Å². The Balaban J connectivity index is 2.31. The molecule has 1 aromatic carbocycles. The molecular weight excluding hydrogens is 286 g/mol. The summed E-state index contributed by atoms with van der Waals surface area (Å²) >= 11 is 0. The van der Waals surface area contributed by atoms with E-state index in [1.807, 2.05) is 7.05 Å². The number of sulfonamides is 1. The summed E-state index contributed by atoms with van der Waals surface area (Å²) in [5, 5.41) is 3.01. The van der Waals surface area contributed by atoms with E-state index in [1.165, 1.54) is 0 Å². The van der Waals surface area contributed by atoms with Gasteiger partial charge in [-0.3, -0.25) is 0 Å². The Bertz CT molecular complexity index is 557. The minimum atomic E-state index is -3.42. The zero-order valence-electron chi connectivity index (χ0n) is 13.0. The molecule has 1 aliphatic heterocycles. The lowest BCUT2D eigenvalue weighted by Crippen LogP contribution is -2.43. The van der Waals surface area contributed by atoms with Gasteiger partial charge in [-0.2, -0.15) is 4.31 Å². The highest BCUT2D eigenvalue weighted by Gasteiger charge is 2.32. The van der Waals surface area contributed by atoms with Gasteiger partial charge in [-0.05, 0) is 50.7 Å². The van der Waals surface area contributed by atoms with Crippen LogP contribution in [-0.4, -0.2) is 57.4 Å². The van der Waals surface area contributed by atoms with Gasteiger partial charge < -0.3 is 10.2 Å². The Kier molecular flexibility index (Phi) is 5.24. The predicted molar refractivity (Wildman–Crippen MR) is 86.1 cm³/mol. The van der Waals surface area contributed by atoms with Crippen LogP contribution in [0.15, 0.2) is 29.2 Å². The van der Waals surface area contributed by atoms with E-state index in [0.29, 0.717) is 11.4 Å². The molecule has 1 N–H and O–H groups in total. The zero-order valence-corrected chi connectivity index (χ0v) is 13.9. The third-order valence-electron chi connectivity index (χ3n) is 4.07. The third-order valence-corrected chi connectivity index (χ3v) is 6.03. The van der Waals surface area contributed by atoms with Crippen LogP contribution < -0.4 is 5.32 Å². The van der Waals surface area contributed by atoms with Crippen molar-refractivity contribution in [3.05, 3.63) is 24.3 Å². The molecule has 0 spiro atoms. The number of nitrogens with one attached hydrogen (secondary N) is 1. The van der Waals surface area contributed by atoms with Crippen molar-refractivity contribution in [1.29, 1.82) is 0 Å². The van der Waals surface area contributed by atoms with Gasteiger partial charge in [-0.15, -0.1) is 0 Å². The van der Waals surface area contributed by atoms with E-state index in [-0.39, 0.29) is 6.04 Å². The lowest BCUT2D eigenvalue weighted by molar-refractivity contribution is 0.270. The lowest BCUT2D eigenvalue weighted by atomic mass is 10.2. The van der Waals surface area contributed by atoms with Crippen molar-refractivity contribution in [3.63, 3.8) is 0 Å². The molecular formula is C15H25N3O2S. The molecule has 0 bridgehead atoms. The summed E-state index contributed by atoms with van der Waals surface area (Å²) in [6.45, 7) is 4.39. The first-order chi connectivity index (χ1) is 9.98. The maximum atomic E-state index is 12.9. The van der Waals surface area contributed by atoms with Gasteiger partial charge in [0.05, 0.1) is 4.90 Å². The summed E-state index contributed by atoms with van der Waals surface area (Å²) in [4.78, 5) is 2.60. The normalized spacial score (nSPS) is 22.0. The molecule has 1 saturated heterocycles. The average molecular weight is 311 g/mol. The first kappa shape index (κ1) is 16.3. The second kappa shape index (κ2) is 6.77. The van der Waals surface area contributed by atoms with Gasteiger partial charge in [-0.1, -0.05) is 6.92 Å². The van der Waals surface area contributed by atoms with E-state index in [0.717, 1.165) is 31.6 Å². The SMILES string of the molecule is CCC1CN(C)CCCN1S(=O)(=O)c1ccc(NC)cc1. The molecule has 1 heterocycles. The highest BCUT2D eigenvalue weighted by Crippen LogP contribution is 2.23. The molecule has 1 fully saturated rings. The molecule has 0 radical (unpaired) electrons. The minimum Gasteiger partial charge on any atom is -0.388 e. The van der Waals surface area contributed by atoms with Crippen molar-refractivity contribution >= 4 is 15.7 Å². The van der Waals surface area contributed by atoms with E-state index in [2.05, 4.69) is 24.2 Å². The van der Waals surface area contributed by atoms with E-state index >= 15 is 0 Å². The van der Waals surface area contributed by atoms with Crippen LogP contribution in [0.5, 0.6) is 0 Å². The summed E-state index contributed by atoms with van der Waals surface area (Å²) < 4.78 is 27.5. The smallest absolute Gasteiger partial charge is 0.243 e. The second-order valence-corrected chi connectivity index (χ2v) is 7.46. The summed E-state index contributed by atoms with van der Waals surface area (Å²) in [5.74, 6) is 0. The van der Waals surface area contributed by atoms with Crippen LogP contribution in [-0.2, 0) is 10.0 Å². The van der Waals surface area contributed by atoms with Crippen LogP contribution >= 0.6 is 0 Å². The van der Waals surface area contributed by atoms with E-state index in [4.69, 9.17) is 0 Å². The Hall–Kier alpha value is -1.11. The average Bonchev–Trinajstić information content (AvgIpc) is 2.68. The molecule has 2 rings (SSSR count). The maximum absolute atomic E-state index is 12.9. The third kappa shape index (κ3) is 3.56. The van der Waals surface area contributed by atoms with Gasteiger partial charge in [0.15, 0.2) is 0 Å². The van der Waals surface area contributed by atoms with Gasteiger partial charge in [-0.25, -0.2) is 8.42 Å². The Morgan fingerprint density at radius 3 is 2.48 bits per heavy atom. The fourth-order valence-corrected chi connectivity index (χ4v) is 4.53. The van der Waals surface area contributed by atoms with Crippen molar-refractivity contribution in [2.24, 2.45) is 0 Å². The number of nitrogens with zero attached hydrogens (tertiary/aromatic N) is 2. The van der Waals surface area contributed by atoms with Crippen LogP contribution in [0.25, 0.3) is 0 Å². The number of hydrogen-bond acceptors (Lipinski definition) is 4. The van der Waals surface area contributed by atoms with Gasteiger partial charge in [0.25, 0.3) is 0 Å². The highest BCUT2D eigenvalue weighted by molar-refractivity contribution is 7.89. The Morgan fingerprint density at radius 2 is 1.90 bits per heavy atom. The number of hydrogen-bond donors (Lipinski definition) is 1. The molecule has 21 heavy (non-hydrogen) atoms. The number of benzene rings is 1.